The number of furan rings is 1. The summed E-state index contributed by atoms with van der Waals surface area (Å²) in [5.74, 6) is 1.82. The van der Waals surface area contributed by atoms with Crippen molar-refractivity contribution in [1.29, 1.82) is 0 Å². The molecule has 3 amide bonds. The average molecular weight is 522 g/mol. The van der Waals surface area contributed by atoms with Gasteiger partial charge in [0, 0.05) is 18.3 Å². The number of anilines is 1. The van der Waals surface area contributed by atoms with Gasteiger partial charge in [-0.15, -0.1) is 0 Å². The molecule has 1 aromatic heterocycles. The highest BCUT2D eigenvalue weighted by atomic mass is 16.5. The number of carbonyl (C=O) groups excluding carboxylic acids is 2. The smallest absolute Gasteiger partial charge is 0.322 e. The van der Waals surface area contributed by atoms with Gasteiger partial charge in [0.25, 0.3) is 0 Å². The fraction of sp³-hybridized carbons (Fsp3) is 0.400. The Morgan fingerprint density at radius 2 is 1.71 bits per heavy atom. The molecule has 8 heteroatoms. The number of benzene rings is 2. The summed E-state index contributed by atoms with van der Waals surface area (Å²) >= 11 is 0. The predicted octanol–water partition coefficient (Wildman–Crippen LogP) is 5.82. The fourth-order valence-electron chi connectivity index (χ4n) is 4.27. The summed E-state index contributed by atoms with van der Waals surface area (Å²) in [5.41, 5.74) is 3.73. The van der Waals surface area contributed by atoms with Gasteiger partial charge in [-0.2, -0.15) is 0 Å². The fourth-order valence-corrected chi connectivity index (χ4v) is 4.27. The molecule has 0 aliphatic carbocycles. The van der Waals surface area contributed by atoms with E-state index in [1.807, 2.05) is 70.2 Å². The number of rotatable bonds is 12. The van der Waals surface area contributed by atoms with E-state index < -0.39 is 0 Å². The average Bonchev–Trinajstić information content (AvgIpc) is 3.44. The van der Waals surface area contributed by atoms with Crippen LogP contribution in [0.25, 0.3) is 0 Å². The number of amides is 3. The molecule has 1 unspecified atom stereocenters. The molecule has 1 N–H and O–H groups in total. The van der Waals surface area contributed by atoms with E-state index >= 15 is 0 Å². The number of hydrogen-bond acceptors (Lipinski definition) is 5. The molecule has 0 aliphatic rings. The molecule has 0 saturated carbocycles. The number of nitrogens with zero attached hydrogens (tertiary/aromatic N) is 2. The number of urea groups is 1. The summed E-state index contributed by atoms with van der Waals surface area (Å²) < 4.78 is 16.3. The molecule has 1 atom stereocenters. The molecular formula is C30H39N3O5. The second kappa shape index (κ2) is 13.6. The third kappa shape index (κ3) is 7.31. The van der Waals surface area contributed by atoms with Gasteiger partial charge in [0.05, 0.1) is 27.0 Å². The van der Waals surface area contributed by atoms with Crippen LogP contribution in [0.2, 0.25) is 0 Å². The Balaban J connectivity index is 1.78. The molecule has 3 aromatic rings. The highest BCUT2D eigenvalue weighted by Crippen LogP contribution is 2.28. The van der Waals surface area contributed by atoms with Crippen LogP contribution in [-0.2, 0) is 17.8 Å². The molecule has 0 radical (unpaired) electrons. The van der Waals surface area contributed by atoms with Gasteiger partial charge < -0.3 is 29.0 Å². The van der Waals surface area contributed by atoms with Gasteiger partial charge in [0.2, 0.25) is 5.91 Å². The van der Waals surface area contributed by atoms with E-state index in [4.69, 9.17) is 13.9 Å². The van der Waals surface area contributed by atoms with E-state index in [-0.39, 0.29) is 24.5 Å². The quantitative estimate of drug-likeness (QED) is 0.325. The lowest BCUT2D eigenvalue weighted by Gasteiger charge is -2.31. The first kappa shape index (κ1) is 28.6. The van der Waals surface area contributed by atoms with Crippen LogP contribution >= 0.6 is 0 Å². The van der Waals surface area contributed by atoms with Gasteiger partial charge >= 0.3 is 6.03 Å². The van der Waals surface area contributed by atoms with Gasteiger partial charge in [-0.05, 0) is 74.6 Å². The number of hydrogen-bond donors (Lipinski definition) is 1. The monoisotopic (exact) mass is 521 g/mol. The molecule has 2 aromatic carbocycles. The first-order chi connectivity index (χ1) is 18.3. The van der Waals surface area contributed by atoms with Crippen LogP contribution in [0.3, 0.4) is 0 Å². The Kier molecular flexibility index (Phi) is 10.2. The molecule has 8 nitrogen and oxygen atoms in total. The van der Waals surface area contributed by atoms with E-state index in [2.05, 4.69) is 5.32 Å². The Bertz CT molecular complexity index is 1190. The molecule has 1 heterocycles. The molecule has 0 bridgehead atoms. The summed E-state index contributed by atoms with van der Waals surface area (Å²) in [4.78, 5) is 30.4. The zero-order chi connectivity index (χ0) is 27.7. The summed E-state index contributed by atoms with van der Waals surface area (Å²) in [6.45, 7) is 8.59. The molecule has 38 heavy (non-hydrogen) atoms. The molecule has 0 aliphatic heterocycles. The van der Waals surface area contributed by atoms with Crippen molar-refractivity contribution in [2.24, 2.45) is 0 Å². The number of ether oxygens (including phenoxy) is 2. The first-order valence-electron chi connectivity index (χ1n) is 12.9. The van der Waals surface area contributed by atoms with Crippen LogP contribution in [-0.4, -0.2) is 55.1 Å². The Hall–Kier alpha value is -3.94. The van der Waals surface area contributed by atoms with Crippen molar-refractivity contribution in [1.82, 2.24) is 9.80 Å². The number of nitrogens with one attached hydrogen (secondary N) is 1. The topological polar surface area (TPSA) is 84.2 Å². The standard InChI is InChI=1S/C30H39N3O5/c1-7-23(4)33(30(35)31-29-21(2)10-8-11-22(29)3)20-28(34)32(19-25-12-9-17-38-25)16-15-24-13-14-26(36-5)27(18-24)37-6/h8-14,17-18,23H,7,15-16,19-20H2,1-6H3,(H,31,35). The van der Waals surface area contributed by atoms with Crippen LogP contribution in [0, 0.1) is 13.8 Å². The number of para-hydroxylation sites is 1. The van der Waals surface area contributed by atoms with Crippen LogP contribution in [0.15, 0.2) is 59.2 Å². The molecule has 0 fully saturated rings. The summed E-state index contributed by atoms with van der Waals surface area (Å²) in [7, 11) is 3.20. The van der Waals surface area contributed by atoms with E-state index in [9.17, 15) is 9.59 Å². The highest BCUT2D eigenvalue weighted by molar-refractivity contribution is 5.93. The van der Waals surface area contributed by atoms with Crippen LogP contribution in [0.1, 0.15) is 42.7 Å². The minimum atomic E-state index is -0.289. The zero-order valence-electron chi connectivity index (χ0n) is 23.2. The maximum absolute atomic E-state index is 13.7. The van der Waals surface area contributed by atoms with Crippen molar-refractivity contribution < 1.29 is 23.5 Å². The Labute approximate surface area is 225 Å². The molecule has 0 saturated heterocycles. The number of aryl methyl sites for hydroxylation is 2. The van der Waals surface area contributed by atoms with Crippen LogP contribution in [0.4, 0.5) is 10.5 Å². The molecule has 0 spiro atoms. The third-order valence-corrected chi connectivity index (χ3v) is 6.80. The Morgan fingerprint density at radius 3 is 2.32 bits per heavy atom. The zero-order valence-corrected chi connectivity index (χ0v) is 23.2. The first-order valence-corrected chi connectivity index (χ1v) is 12.9. The minimum absolute atomic E-state index is 0.0432. The van der Waals surface area contributed by atoms with E-state index in [0.29, 0.717) is 36.8 Å². The lowest BCUT2D eigenvalue weighted by Crippen LogP contribution is -2.48. The van der Waals surface area contributed by atoms with E-state index in [1.54, 1.807) is 36.3 Å². The van der Waals surface area contributed by atoms with Crippen molar-refractivity contribution in [3.63, 3.8) is 0 Å². The maximum atomic E-state index is 13.7. The summed E-state index contributed by atoms with van der Waals surface area (Å²) in [5, 5.41) is 3.04. The SMILES string of the molecule is CCC(C)N(CC(=O)N(CCc1ccc(OC)c(OC)c1)Cc1ccco1)C(=O)Nc1c(C)cccc1C. The van der Waals surface area contributed by atoms with E-state index in [0.717, 1.165) is 28.8 Å². The lowest BCUT2D eigenvalue weighted by atomic mass is 10.1. The van der Waals surface area contributed by atoms with Gasteiger partial charge in [-0.25, -0.2) is 4.79 Å². The van der Waals surface area contributed by atoms with Gasteiger partial charge in [0.1, 0.15) is 12.3 Å². The van der Waals surface area contributed by atoms with Crippen LogP contribution < -0.4 is 14.8 Å². The lowest BCUT2D eigenvalue weighted by molar-refractivity contribution is -0.133. The third-order valence-electron chi connectivity index (χ3n) is 6.80. The van der Waals surface area contributed by atoms with Crippen molar-refractivity contribution in [2.75, 3.05) is 32.6 Å². The summed E-state index contributed by atoms with van der Waals surface area (Å²) in [6.07, 6.45) is 2.91. The van der Waals surface area contributed by atoms with Crippen LogP contribution in [0.5, 0.6) is 11.5 Å². The molecular weight excluding hydrogens is 482 g/mol. The minimum Gasteiger partial charge on any atom is -0.493 e. The van der Waals surface area contributed by atoms with Gasteiger partial charge in [0.15, 0.2) is 11.5 Å². The van der Waals surface area contributed by atoms with Gasteiger partial charge in [-0.3, -0.25) is 4.79 Å². The van der Waals surface area contributed by atoms with Crippen molar-refractivity contribution >= 4 is 17.6 Å². The number of carbonyl (C=O) groups is 2. The number of methoxy groups -OCH3 is 2. The van der Waals surface area contributed by atoms with Crippen molar-refractivity contribution in [3.8, 4) is 11.5 Å². The molecule has 204 valence electrons. The second-order valence-corrected chi connectivity index (χ2v) is 9.42. The normalized spacial score (nSPS) is 11.5. The van der Waals surface area contributed by atoms with Gasteiger partial charge in [-0.1, -0.05) is 31.2 Å². The maximum Gasteiger partial charge on any atom is 0.322 e. The Morgan fingerprint density at radius 1 is 1.00 bits per heavy atom. The second-order valence-electron chi connectivity index (χ2n) is 9.42. The highest BCUT2D eigenvalue weighted by Gasteiger charge is 2.26. The van der Waals surface area contributed by atoms with Crippen molar-refractivity contribution in [3.05, 3.63) is 77.2 Å². The van der Waals surface area contributed by atoms with Crippen molar-refractivity contribution in [2.45, 2.75) is 53.1 Å². The summed E-state index contributed by atoms with van der Waals surface area (Å²) in [6, 6.07) is 14.8. The predicted molar refractivity (Wildman–Crippen MR) is 149 cm³/mol. The largest absolute Gasteiger partial charge is 0.493 e. The molecule has 3 rings (SSSR count). The van der Waals surface area contributed by atoms with E-state index in [1.165, 1.54) is 0 Å².